The number of pyridine rings is 1. The summed E-state index contributed by atoms with van der Waals surface area (Å²) in [5.74, 6) is -0.807. The molecule has 10 heteroatoms. The third-order valence-electron chi connectivity index (χ3n) is 8.67. The summed E-state index contributed by atoms with van der Waals surface area (Å²) in [5, 5.41) is 1.08. The third-order valence-corrected chi connectivity index (χ3v) is 10.2. The molecule has 1 amide bonds. The number of para-hydroxylation sites is 2. The number of rotatable bonds is 5. The fraction of sp³-hybridized carbons (Fsp3) is 0.200. The Kier molecular flexibility index (Phi) is 8.66. The molecule has 7 nitrogen and oxygen atoms in total. The van der Waals surface area contributed by atoms with E-state index < -0.39 is 11.7 Å². The first kappa shape index (κ1) is 33.4. The Labute approximate surface area is 297 Å². The summed E-state index contributed by atoms with van der Waals surface area (Å²) < 4.78 is 21.6. The maximum Gasteiger partial charge on any atom is 0.419 e. The third kappa shape index (κ3) is 6.23. The van der Waals surface area contributed by atoms with Crippen molar-refractivity contribution in [3.63, 3.8) is 0 Å². The predicted molar refractivity (Wildman–Crippen MR) is 196 cm³/mol. The van der Waals surface area contributed by atoms with Crippen LogP contribution in [-0.2, 0) is 17.6 Å². The minimum atomic E-state index is -0.718. The molecule has 1 aliphatic rings. The van der Waals surface area contributed by atoms with Crippen molar-refractivity contribution in [3.05, 3.63) is 129 Å². The molecule has 0 saturated heterocycles. The van der Waals surface area contributed by atoms with Crippen molar-refractivity contribution < 1.29 is 23.5 Å². The van der Waals surface area contributed by atoms with Gasteiger partial charge in [-0.1, -0.05) is 60.1 Å². The second-order valence-electron chi connectivity index (χ2n) is 13.3. The van der Waals surface area contributed by atoms with Gasteiger partial charge < -0.3 is 9.64 Å². The van der Waals surface area contributed by atoms with Crippen molar-refractivity contribution in [2.45, 2.75) is 46.1 Å². The van der Waals surface area contributed by atoms with Crippen LogP contribution in [0.2, 0.25) is 5.02 Å². The van der Waals surface area contributed by atoms with Gasteiger partial charge in [-0.25, -0.2) is 14.2 Å². The summed E-state index contributed by atoms with van der Waals surface area (Å²) >= 11 is 7.96. The van der Waals surface area contributed by atoms with E-state index in [2.05, 4.69) is 0 Å². The number of halogens is 2. The lowest BCUT2D eigenvalue weighted by molar-refractivity contribution is 0.0544. The summed E-state index contributed by atoms with van der Waals surface area (Å²) in [6.45, 7) is 7.55. The SMILES string of the molecule is Cc1cccc(F)c1CC(=O)c1cc2c(s1)-c1ccccc1N(C(=O)c1cccc(-c3cn(C(=O)OC(C)(C)C)c4c(Cl)cccc34)n1)CC2. The molecule has 252 valence electrons. The van der Waals surface area contributed by atoms with E-state index in [0.29, 0.717) is 56.3 Å². The highest BCUT2D eigenvalue weighted by Crippen LogP contribution is 2.42. The quantitative estimate of drug-likeness (QED) is 0.167. The highest BCUT2D eigenvalue weighted by molar-refractivity contribution is 7.17. The number of hydrogen-bond acceptors (Lipinski definition) is 6. The molecule has 50 heavy (non-hydrogen) atoms. The average Bonchev–Trinajstić information content (AvgIpc) is 3.66. The van der Waals surface area contributed by atoms with E-state index in [-0.39, 0.29) is 29.6 Å². The van der Waals surface area contributed by atoms with Gasteiger partial charge in [0.2, 0.25) is 0 Å². The molecular weight excluding hydrogens is 673 g/mol. The Morgan fingerprint density at radius 2 is 1.72 bits per heavy atom. The Hall–Kier alpha value is -5.12. The minimum absolute atomic E-state index is 0.0190. The van der Waals surface area contributed by atoms with E-state index in [0.717, 1.165) is 21.6 Å². The minimum Gasteiger partial charge on any atom is -0.443 e. The molecule has 1 aliphatic heterocycles. The van der Waals surface area contributed by atoms with Crippen molar-refractivity contribution in [2.75, 3.05) is 11.4 Å². The molecule has 6 aromatic rings. The Bertz CT molecular complexity index is 2320. The molecule has 0 aliphatic carbocycles. The number of aryl methyl sites for hydroxylation is 1. The standard InChI is InChI=1S/C40H33ClFN3O4S/c1-23-10-7-14-30(42)27(23)21-34(46)35-20-24-18-19-44(33-17-6-5-11-26(33)37(24)50-35)38(47)32-16-9-15-31(43-32)28-22-45(39(48)49-40(2,3)4)36-25(28)12-8-13-29(36)41/h5-17,20,22H,18-19,21H2,1-4H3. The van der Waals surface area contributed by atoms with Gasteiger partial charge in [0.15, 0.2) is 5.78 Å². The molecule has 3 aromatic carbocycles. The second-order valence-corrected chi connectivity index (χ2v) is 14.7. The van der Waals surface area contributed by atoms with Gasteiger partial charge in [0.25, 0.3) is 5.91 Å². The van der Waals surface area contributed by atoms with Crippen LogP contribution in [0.3, 0.4) is 0 Å². The van der Waals surface area contributed by atoms with Crippen molar-refractivity contribution >= 4 is 57.3 Å². The van der Waals surface area contributed by atoms with E-state index in [1.807, 2.05) is 36.4 Å². The van der Waals surface area contributed by atoms with Crippen LogP contribution in [0.25, 0.3) is 32.6 Å². The van der Waals surface area contributed by atoms with Crippen LogP contribution in [0.15, 0.2) is 91.1 Å². The molecular formula is C40H33ClFN3O4S. The van der Waals surface area contributed by atoms with Crippen LogP contribution >= 0.6 is 22.9 Å². The van der Waals surface area contributed by atoms with Gasteiger partial charge in [0.1, 0.15) is 17.1 Å². The van der Waals surface area contributed by atoms with Crippen LogP contribution in [0, 0.1) is 12.7 Å². The number of fused-ring (bicyclic) bond motifs is 4. The van der Waals surface area contributed by atoms with Gasteiger partial charge in [-0.3, -0.25) is 14.2 Å². The number of carbonyl (C=O) groups is 3. The van der Waals surface area contributed by atoms with E-state index in [9.17, 15) is 18.8 Å². The van der Waals surface area contributed by atoms with Crippen LogP contribution in [0.4, 0.5) is 14.9 Å². The average molecular weight is 706 g/mol. The summed E-state index contributed by atoms with van der Waals surface area (Å²) in [6.07, 6.45) is 1.57. The second kappa shape index (κ2) is 13.0. The molecule has 0 fully saturated rings. The van der Waals surface area contributed by atoms with Gasteiger partial charge >= 0.3 is 6.09 Å². The zero-order valence-corrected chi connectivity index (χ0v) is 29.5. The van der Waals surface area contributed by atoms with Gasteiger partial charge in [0.05, 0.1) is 26.8 Å². The number of ether oxygens (including phenoxy) is 1. The molecule has 0 unspecified atom stereocenters. The summed E-state index contributed by atoms with van der Waals surface area (Å²) in [4.78, 5) is 48.9. The molecule has 0 spiro atoms. The van der Waals surface area contributed by atoms with E-state index >= 15 is 0 Å². The fourth-order valence-electron chi connectivity index (χ4n) is 6.32. The van der Waals surface area contributed by atoms with Crippen molar-refractivity contribution in [1.82, 2.24) is 9.55 Å². The maximum absolute atomic E-state index is 14.5. The van der Waals surface area contributed by atoms with Crippen molar-refractivity contribution in [3.8, 4) is 21.7 Å². The van der Waals surface area contributed by atoms with Gasteiger partial charge in [-0.05, 0) is 87.2 Å². The molecule has 0 atom stereocenters. The first-order chi connectivity index (χ1) is 23.9. The molecule has 0 N–H and O–H groups in total. The lowest BCUT2D eigenvalue weighted by Gasteiger charge is -2.23. The molecule has 7 rings (SSSR count). The highest BCUT2D eigenvalue weighted by Gasteiger charge is 2.29. The number of aromatic nitrogens is 2. The zero-order chi connectivity index (χ0) is 35.3. The lowest BCUT2D eigenvalue weighted by Crippen LogP contribution is -2.33. The Balaban J connectivity index is 1.21. The van der Waals surface area contributed by atoms with E-state index in [1.165, 1.54) is 22.0 Å². The molecule has 0 saturated carbocycles. The smallest absolute Gasteiger partial charge is 0.419 e. The Morgan fingerprint density at radius 1 is 0.960 bits per heavy atom. The number of Topliss-reactive ketones (excluding diaryl/α,β-unsaturated/α-hetero) is 1. The van der Waals surface area contributed by atoms with Crippen LogP contribution in [-0.4, -0.2) is 39.5 Å². The summed E-state index contributed by atoms with van der Waals surface area (Å²) in [5.41, 5.74) is 4.80. The summed E-state index contributed by atoms with van der Waals surface area (Å²) in [7, 11) is 0. The number of hydrogen-bond donors (Lipinski definition) is 0. The normalized spacial score (nSPS) is 12.7. The number of thiophene rings is 1. The lowest BCUT2D eigenvalue weighted by atomic mass is 10.0. The highest BCUT2D eigenvalue weighted by atomic mass is 35.5. The number of carbonyl (C=O) groups excluding carboxylic acids is 3. The number of benzene rings is 3. The van der Waals surface area contributed by atoms with Gasteiger partial charge in [-0.15, -0.1) is 11.3 Å². The number of ketones is 1. The number of nitrogens with zero attached hydrogens (tertiary/aromatic N) is 3. The first-order valence-electron chi connectivity index (χ1n) is 16.2. The molecule has 4 heterocycles. The molecule has 0 radical (unpaired) electrons. The van der Waals surface area contributed by atoms with Crippen molar-refractivity contribution in [1.29, 1.82) is 0 Å². The monoisotopic (exact) mass is 705 g/mol. The van der Waals surface area contributed by atoms with Gasteiger partial charge in [0, 0.05) is 40.6 Å². The van der Waals surface area contributed by atoms with Crippen LogP contribution < -0.4 is 4.90 Å². The fourth-order valence-corrected chi connectivity index (χ4v) is 7.77. The summed E-state index contributed by atoms with van der Waals surface area (Å²) in [6, 6.07) is 24.9. The predicted octanol–water partition coefficient (Wildman–Crippen LogP) is 9.94. The largest absolute Gasteiger partial charge is 0.443 e. The molecule has 0 bridgehead atoms. The van der Waals surface area contributed by atoms with E-state index in [4.69, 9.17) is 21.3 Å². The van der Waals surface area contributed by atoms with Crippen molar-refractivity contribution in [2.24, 2.45) is 0 Å². The van der Waals surface area contributed by atoms with Crippen LogP contribution in [0.1, 0.15) is 57.6 Å². The Morgan fingerprint density at radius 3 is 2.50 bits per heavy atom. The van der Waals surface area contributed by atoms with E-state index in [1.54, 1.807) is 81.3 Å². The zero-order valence-electron chi connectivity index (χ0n) is 27.9. The molecule has 3 aromatic heterocycles. The maximum atomic E-state index is 14.5. The number of anilines is 1. The number of amides is 1. The first-order valence-corrected chi connectivity index (χ1v) is 17.4. The van der Waals surface area contributed by atoms with Gasteiger partial charge in [-0.2, -0.15) is 0 Å². The topological polar surface area (TPSA) is 81.5 Å². The van der Waals surface area contributed by atoms with Crippen LogP contribution in [0.5, 0.6) is 0 Å².